The third kappa shape index (κ3) is 4.82. The van der Waals surface area contributed by atoms with Crippen molar-refractivity contribution in [3.05, 3.63) is 71.6 Å². The molecular formula is C31H33F2N5O. The molecular weight excluding hydrogens is 496 g/mol. The highest BCUT2D eigenvalue weighted by Gasteiger charge is 2.37. The van der Waals surface area contributed by atoms with Gasteiger partial charge in [0.05, 0.1) is 41.2 Å². The van der Waals surface area contributed by atoms with Gasteiger partial charge >= 0.3 is 0 Å². The average Bonchev–Trinajstić information content (AvgIpc) is 3.29. The van der Waals surface area contributed by atoms with E-state index in [1.165, 1.54) is 6.07 Å². The van der Waals surface area contributed by atoms with Gasteiger partial charge in [0.1, 0.15) is 17.5 Å². The van der Waals surface area contributed by atoms with Crippen LogP contribution in [0.4, 0.5) is 26.0 Å². The standard InChI is InChI=1S/C31H33F2N5O/c1-19-29(24-8-4-5-10-34-24)37-26-16-20(32)15-23(33)28(26)30(19)36-25-17-27(38-11-13-39-14-12-38)35-18-21(25)22-7-6-9-31(22,2)3/h4-5,8,10,15-18,22H,6-7,9,11-14H2,1-3H3,(H,35,36,37)/t22-/m0/s1. The lowest BCUT2D eigenvalue weighted by molar-refractivity contribution is 0.122. The summed E-state index contributed by atoms with van der Waals surface area (Å²) >= 11 is 0. The van der Waals surface area contributed by atoms with Crippen molar-refractivity contribution in [2.75, 3.05) is 36.5 Å². The van der Waals surface area contributed by atoms with E-state index in [0.717, 1.165) is 61.1 Å². The number of halogens is 2. The third-order valence-corrected chi connectivity index (χ3v) is 8.30. The lowest BCUT2D eigenvalue weighted by Crippen LogP contribution is -2.36. The quantitative estimate of drug-likeness (QED) is 0.296. The Morgan fingerprint density at radius 3 is 2.62 bits per heavy atom. The van der Waals surface area contributed by atoms with Gasteiger partial charge in [-0.1, -0.05) is 26.3 Å². The maximum atomic E-state index is 15.4. The first-order valence-electron chi connectivity index (χ1n) is 13.6. The van der Waals surface area contributed by atoms with Crippen molar-refractivity contribution >= 4 is 28.1 Å². The van der Waals surface area contributed by atoms with Crippen molar-refractivity contribution in [3.63, 3.8) is 0 Å². The summed E-state index contributed by atoms with van der Waals surface area (Å²) in [5.74, 6) is -0.160. The molecule has 4 aromatic rings. The molecule has 0 amide bonds. The summed E-state index contributed by atoms with van der Waals surface area (Å²) in [6.07, 6.45) is 7.03. The number of rotatable bonds is 5. The monoisotopic (exact) mass is 529 g/mol. The molecule has 1 saturated carbocycles. The summed E-state index contributed by atoms with van der Waals surface area (Å²) < 4.78 is 35.4. The van der Waals surface area contributed by atoms with Crippen molar-refractivity contribution < 1.29 is 13.5 Å². The Balaban J connectivity index is 1.55. The van der Waals surface area contributed by atoms with Crippen molar-refractivity contribution in [1.82, 2.24) is 15.0 Å². The van der Waals surface area contributed by atoms with Gasteiger partial charge in [-0.25, -0.2) is 18.7 Å². The number of morpholine rings is 1. The van der Waals surface area contributed by atoms with Gasteiger partial charge < -0.3 is 15.0 Å². The number of nitrogens with one attached hydrogen (secondary N) is 1. The lowest BCUT2D eigenvalue weighted by atomic mass is 9.77. The van der Waals surface area contributed by atoms with Crippen LogP contribution in [0.15, 0.2) is 48.8 Å². The van der Waals surface area contributed by atoms with E-state index in [-0.39, 0.29) is 16.3 Å². The average molecular weight is 530 g/mol. The van der Waals surface area contributed by atoms with Crippen molar-refractivity contribution in [2.45, 2.75) is 46.0 Å². The van der Waals surface area contributed by atoms with Crippen LogP contribution in [-0.2, 0) is 4.74 Å². The zero-order chi connectivity index (χ0) is 27.1. The number of nitrogens with zero attached hydrogens (tertiary/aromatic N) is 4. The smallest absolute Gasteiger partial charge is 0.137 e. The summed E-state index contributed by atoms with van der Waals surface area (Å²) in [5, 5.41) is 3.88. The Hall–Kier alpha value is -3.65. The third-order valence-electron chi connectivity index (χ3n) is 8.30. The van der Waals surface area contributed by atoms with Crippen LogP contribution in [0, 0.1) is 24.0 Å². The van der Waals surface area contributed by atoms with Crippen LogP contribution >= 0.6 is 0 Å². The van der Waals surface area contributed by atoms with Crippen LogP contribution in [0.3, 0.4) is 0 Å². The first-order valence-corrected chi connectivity index (χ1v) is 13.6. The molecule has 1 aliphatic heterocycles. The predicted octanol–water partition coefficient (Wildman–Crippen LogP) is 7.15. The number of hydrogen-bond acceptors (Lipinski definition) is 6. The molecule has 2 fully saturated rings. The van der Waals surface area contributed by atoms with Crippen LogP contribution in [0.5, 0.6) is 0 Å². The highest BCUT2D eigenvalue weighted by molar-refractivity contribution is 5.98. The zero-order valence-electron chi connectivity index (χ0n) is 22.6. The van der Waals surface area contributed by atoms with Gasteiger partial charge in [0.2, 0.25) is 0 Å². The summed E-state index contributed by atoms with van der Waals surface area (Å²) in [6, 6.07) is 9.84. The summed E-state index contributed by atoms with van der Waals surface area (Å²) in [6.45, 7) is 9.34. The summed E-state index contributed by atoms with van der Waals surface area (Å²) in [5.41, 5.74) is 4.89. The number of aromatic nitrogens is 3. The Morgan fingerprint density at radius 2 is 1.90 bits per heavy atom. The van der Waals surface area contributed by atoms with E-state index >= 15 is 4.39 Å². The topological polar surface area (TPSA) is 63.2 Å². The SMILES string of the molecule is Cc1c(-c2ccccn2)nc2cc(F)cc(F)c2c1Nc1cc(N2CCOCC2)ncc1[C@@H]1CCCC1(C)C. The molecule has 0 spiro atoms. The second-order valence-corrected chi connectivity index (χ2v) is 11.2. The van der Waals surface area contributed by atoms with Gasteiger partial charge in [0, 0.05) is 54.9 Å². The molecule has 39 heavy (non-hydrogen) atoms. The van der Waals surface area contributed by atoms with Crippen LogP contribution in [0.2, 0.25) is 0 Å². The molecule has 6 nitrogen and oxygen atoms in total. The number of fused-ring (bicyclic) bond motifs is 1. The van der Waals surface area contributed by atoms with Gasteiger partial charge in [-0.3, -0.25) is 4.98 Å². The van der Waals surface area contributed by atoms with Crippen LogP contribution in [-0.4, -0.2) is 41.3 Å². The maximum Gasteiger partial charge on any atom is 0.137 e. The van der Waals surface area contributed by atoms with E-state index in [9.17, 15) is 4.39 Å². The van der Waals surface area contributed by atoms with Crippen molar-refractivity contribution in [1.29, 1.82) is 0 Å². The van der Waals surface area contributed by atoms with E-state index in [1.807, 2.05) is 31.3 Å². The summed E-state index contributed by atoms with van der Waals surface area (Å²) in [7, 11) is 0. The molecule has 4 heterocycles. The van der Waals surface area contributed by atoms with Gasteiger partial charge in [0.15, 0.2) is 0 Å². The number of anilines is 3. The highest BCUT2D eigenvalue weighted by Crippen LogP contribution is 2.51. The number of pyridine rings is 3. The summed E-state index contributed by atoms with van der Waals surface area (Å²) in [4.78, 5) is 16.2. The predicted molar refractivity (Wildman–Crippen MR) is 151 cm³/mol. The Morgan fingerprint density at radius 1 is 1.08 bits per heavy atom. The molecule has 0 unspecified atom stereocenters. The molecule has 2 aliphatic rings. The Kier molecular flexibility index (Phi) is 6.67. The minimum absolute atomic E-state index is 0.113. The minimum Gasteiger partial charge on any atom is -0.378 e. The van der Waals surface area contributed by atoms with Crippen molar-refractivity contribution in [2.24, 2.45) is 5.41 Å². The molecule has 8 heteroatoms. The van der Waals surface area contributed by atoms with Gasteiger partial charge in [-0.15, -0.1) is 0 Å². The Labute approximate surface area is 227 Å². The molecule has 1 aliphatic carbocycles. The molecule has 1 atom stereocenters. The molecule has 0 radical (unpaired) electrons. The largest absolute Gasteiger partial charge is 0.378 e. The number of benzene rings is 1. The Bertz CT molecular complexity index is 1520. The molecule has 0 bridgehead atoms. The first-order chi connectivity index (χ1) is 18.8. The zero-order valence-corrected chi connectivity index (χ0v) is 22.6. The fraction of sp³-hybridized carbons (Fsp3) is 0.387. The molecule has 6 rings (SSSR count). The van der Waals surface area contributed by atoms with Crippen LogP contribution < -0.4 is 10.2 Å². The van der Waals surface area contributed by atoms with Gasteiger partial charge in [0.25, 0.3) is 0 Å². The van der Waals surface area contributed by atoms with E-state index in [1.54, 1.807) is 6.20 Å². The number of ether oxygens (including phenoxy) is 1. The molecule has 1 saturated heterocycles. The van der Waals surface area contributed by atoms with Gasteiger partial charge in [-0.2, -0.15) is 0 Å². The molecule has 1 N–H and O–H groups in total. The second-order valence-electron chi connectivity index (χ2n) is 11.2. The first kappa shape index (κ1) is 25.6. The van der Waals surface area contributed by atoms with Crippen LogP contribution in [0.1, 0.15) is 50.2 Å². The number of hydrogen-bond donors (Lipinski definition) is 1. The molecule has 3 aromatic heterocycles. The fourth-order valence-electron chi connectivity index (χ4n) is 6.16. The molecule has 1 aromatic carbocycles. The van der Waals surface area contributed by atoms with E-state index in [4.69, 9.17) is 9.72 Å². The lowest BCUT2D eigenvalue weighted by Gasteiger charge is -2.32. The van der Waals surface area contributed by atoms with Gasteiger partial charge in [-0.05, 0) is 48.8 Å². The van der Waals surface area contributed by atoms with E-state index < -0.39 is 11.6 Å². The fourth-order valence-corrected chi connectivity index (χ4v) is 6.16. The molecule has 202 valence electrons. The van der Waals surface area contributed by atoms with E-state index in [0.29, 0.717) is 36.2 Å². The maximum absolute atomic E-state index is 15.4. The normalized spacial score (nSPS) is 19.0. The second kappa shape index (κ2) is 10.2. The van der Waals surface area contributed by atoms with Crippen LogP contribution in [0.25, 0.3) is 22.3 Å². The van der Waals surface area contributed by atoms with Crippen molar-refractivity contribution in [3.8, 4) is 11.4 Å². The highest BCUT2D eigenvalue weighted by atomic mass is 19.1. The van der Waals surface area contributed by atoms with E-state index in [2.05, 4.69) is 40.1 Å². The minimum atomic E-state index is -0.666.